The summed E-state index contributed by atoms with van der Waals surface area (Å²) in [5.41, 5.74) is 14.7. The second kappa shape index (κ2) is 9.65. The van der Waals surface area contributed by atoms with Crippen LogP contribution in [0.3, 0.4) is 0 Å². The molecule has 0 atom stereocenters. The van der Waals surface area contributed by atoms with Crippen LogP contribution in [-0.4, -0.2) is 0 Å². The summed E-state index contributed by atoms with van der Waals surface area (Å²) in [6, 6.07) is 28.6. The van der Waals surface area contributed by atoms with Gasteiger partial charge in [0.05, 0.1) is 0 Å². The minimum atomic E-state index is -0.0265. The highest BCUT2D eigenvalue weighted by atomic mass is 14.6. The van der Waals surface area contributed by atoms with E-state index in [1.54, 1.807) is 0 Å². The Hall–Kier alpha value is -4.34. The van der Waals surface area contributed by atoms with Gasteiger partial charge >= 0.3 is 0 Å². The van der Waals surface area contributed by atoms with Gasteiger partial charge in [-0.05, 0) is 57.7 Å². The lowest BCUT2D eigenvalue weighted by molar-refractivity contribution is 0.354. The number of nitrogen functional groups attached to an aromatic ring is 1. The minimum absolute atomic E-state index is 0.0265. The number of benzene rings is 3. The van der Waals surface area contributed by atoms with Crippen molar-refractivity contribution in [2.75, 3.05) is 5.73 Å². The molecule has 0 heterocycles. The van der Waals surface area contributed by atoms with E-state index < -0.39 is 0 Å². The maximum absolute atomic E-state index is 9.38. The van der Waals surface area contributed by atoms with Crippen LogP contribution in [0.4, 0.5) is 5.69 Å². The Morgan fingerprint density at radius 2 is 1.38 bits per heavy atom. The first-order chi connectivity index (χ1) is 16.4. The molecule has 0 aliphatic heterocycles. The summed E-state index contributed by atoms with van der Waals surface area (Å²) in [7, 11) is 0. The fourth-order valence-corrected chi connectivity index (χ4v) is 4.69. The summed E-state index contributed by atoms with van der Waals surface area (Å²) in [6.07, 6.45) is 7.83. The number of hydrogen-bond donors (Lipinski definition) is 1. The largest absolute Gasteiger partial charge is 0.398 e. The smallest absolute Gasteiger partial charge is 0.132 e. The topological polar surface area (TPSA) is 73.6 Å². The van der Waals surface area contributed by atoms with Crippen LogP contribution in [0, 0.1) is 28.1 Å². The van der Waals surface area contributed by atoms with Gasteiger partial charge in [0.25, 0.3) is 0 Å². The highest BCUT2D eigenvalue weighted by Crippen LogP contribution is 2.42. The van der Waals surface area contributed by atoms with Gasteiger partial charge in [-0.3, -0.25) is 0 Å². The lowest BCUT2D eigenvalue weighted by Crippen LogP contribution is -2.17. The number of hydrogen-bond acceptors (Lipinski definition) is 3. The second-order valence-electron chi connectivity index (χ2n) is 9.42. The summed E-state index contributed by atoms with van der Waals surface area (Å²) >= 11 is 0. The van der Waals surface area contributed by atoms with Crippen molar-refractivity contribution < 1.29 is 0 Å². The van der Waals surface area contributed by atoms with Gasteiger partial charge in [0, 0.05) is 11.3 Å². The van der Waals surface area contributed by atoms with E-state index in [9.17, 15) is 10.5 Å². The van der Waals surface area contributed by atoms with E-state index in [1.165, 1.54) is 0 Å². The molecule has 0 unspecified atom stereocenters. The van der Waals surface area contributed by atoms with Gasteiger partial charge in [0.1, 0.15) is 17.7 Å². The van der Waals surface area contributed by atoms with Crippen molar-refractivity contribution in [3.8, 4) is 34.4 Å². The average molecular weight is 442 g/mol. The molecule has 2 N–H and O–H groups in total. The molecular formula is C31H27N3. The van der Waals surface area contributed by atoms with Crippen molar-refractivity contribution in [2.45, 2.75) is 26.7 Å². The Morgan fingerprint density at radius 3 is 1.97 bits per heavy atom. The van der Waals surface area contributed by atoms with E-state index in [-0.39, 0.29) is 11.0 Å². The van der Waals surface area contributed by atoms with Crippen molar-refractivity contribution in [1.29, 1.82) is 10.5 Å². The third kappa shape index (κ3) is 4.85. The first-order valence-electron chi connectivity index (χ1n) is 11.4. The average Bonchev–Trinajstić information content (AvgIpc) is 2.84. The van der Waals surface area contributed by atoms with Crippen LogP contribution in [0.15, 0.2) is 102 Å². The van der Waals surface area contributed by atoms with Gasteiger partial charge in [-0.15, -0.1) is 0 Å². The molecule has 166 valence electrons. The molecule has 0 bridgehead atoms. The molecule has 0 saturated heterocycles. The number of nitrogens with zero attached hydrogens (tertiary/aromatic N) is 2. The maximum Gasteiger partial charge on any atom is 0.132 e. The zero-order valence-corrected chi connectivity index (χ0v) is 19.5. The Labute approximate surface area is 201 Å². The molecule has 3 aromatic carbocycles. The SMILES string of the molecule is CC1(C)CC(/C=C/c2ccc(N)c(-c3ccccc3)c2-c2ccccc2)=CC(=C(C#N)C#N)C1. The van der Waals surface area contributed by atoms with Gasteiger partial charge in [0.15, 0.2) is 0 Å². The van der Waals surface area contributed by atoms with E-state index in [1.807, 2.05) is 48.5 Å². The molecule has 1 aliphatic rings. The predicted molar refractivity (Wildman–Crippen MR) is 140 cm³/mol. The van der Waals surface area contributed by atoms with Crippen LogP contribution in [0.2, 0.25) is 0 Å². The number of allylic oxidation sites excluding steroid dienone is 5. The third-order valence-electron chi connectivity index (χ3n) is 6.13. The molecular weight excluding hydrogens is 414 g/mol. The summed E-state index contributed by atoms with van der Waals surface area (Å²) in [5, 5.41) is 18.8. The Bertz CT molecular complexity index is 1360. The lowest BCUT2D eigenvalue weighted by atomic mass is 9.74. The van der Waals surface area contributed by atoms with Crippen LogP contribution < -0.4 is 5.73 Å². The third-order valence-corrected chi connectivity index (χ3v) is 6.13. The molecule has 0 radical (unpaired) electrons. The molecule has 0 saturated carbocycles. The Kier molecular flexibility index (Phi) is 6.48. The van der Waals surface area contributed by atoms with Crippen LogP contribution in [-0.2, 0) is 0 Å². The fraction of sp³-hybridized carbons (Fsp3) is 0.161. The van der Waals surface area contributed by atoms with Gasteiger partial charge in [0.2, 0.25) is 0 Å². The monoisotopic (exact) mass is 441 g/mol. The highest BCUT2D eigenvalue weighted by molar-refractivity contribution is 5.95. The zero-order chi connectivity index (χ0) is 24.1. The summed E-state index contributed by atoms with van der Waals surface area (Å²) < 4.78 is 0. The molecule has 1 aliphatic carbocycles. The van der Waals surface area contributed by atoms with Crippen molar-refractivity contribution in [1.82, 2.24) is 0 Å². The van der Waals surface area contributed by atoms with Crippen LogP contribution >= 0.6 is 0 Å². The van der Waals surface area contributed by atoms with Crippen LogP contribution in [0.5, 0.6) is 0 Å². The summed E-state index contributed by atoms with van der Waals surface area (Å²) in [4.78, 5) is 0. The molecule has 0 spiro atoms. The van der Waals surface area contributed by atoms with Crippen molar-refractivity contribution in [3.63, 3.8) is 0 Å². The fourth-order valence-electron chi connectivity index (χ4n) is 4.69. The zero-order valence-electron chi connectivity index (χ0n) is 19.5. The molecule has 3 nitrogen and oxygen atoms in total. The van der Waals surface area contributed by atoms with E-state index >= 15 is 0 Å². The number of anilines is 1. The van der Waals surface area contributed by atoms with Crippen molar-refractivity contribution >= 4 is 11.8 Å². The quantitative estimate of drug-likeness (QED) is 0.333. The molecule has 0 amide bonds. The van der Waals surface area contributed by atoms with Gasteiger partial charge in [-0.2, -0.15) is 10.5 Å². The van der Waals surface area contributed by atoms with Crippen LogP contribution in [0.1, 0.15) is 32.3 Å². The number of nitriles is 2. The summed E-state index contributed by atoms with van der Waals surface area (Å²) in [5.74, 6) is 0. The van der Waals surface area contributed by atoms with E-state index in [2.05, 4.69) is 68.5 Å². The number of nitrogens with two attached hydrogens (primary N) is 1. The maximum atomic E-state index is 9.38. The molecule has 3 heteroatoms. The van der Waals surface area contributed by atoms with E-state index in [0.717, 1.165) is 57.5 Å². The number of rotatable bonds is 4. The molecule has 34 heavy (non-hydrogen) atoms. The summed E-state index contributed by atoms with van der Waals surface area (Å²) in [6.45, 7) is 4.35. The van der Waals surface area contributed by atoms with E-state index in [0.29, 0.717) is 0 Å². The highest BCUT2D eigenvalue weighted by Gasteiger charge is 2.26. The van der Waals surface area contributed by atoms with Gasteiger partial charge < -0.3 is 5.73 Å². The lowest BCUT2D eigenvalue weighted by Gasteiger charge is -2.30. The Morgan fingerprint density at radius 1 is 0.794 bits per heavy atom. The first-order valence-corrected chi connectivity index (χ1v) is 11.4. The normalized spacial score (nSPS) is 14.8. The van der Waals surface area contributed by atoms with Crippen molar-refractivity contribution in [3.05, 3.63) is 107 Å². The van der Waals surface area contributed by atoms with Crippen molar-refractivity contribution in [2.24, 2.45) is 5.41 Å². The molecule has 0 fully saturated rings. The predicted octanol–water partition coefficient (Wildman–Crippen LogP) is 7.71. The molecule has 3 aromatic rings. The minimum Gasteiger partial charge on any atom is -0.398 e. The van der Waals surface area contributed by atoms with E-state index in [4.69, 9.17) is 5.73 Å². The standard InChI is InChI=1S/C31H27N3/c1-31(2)18-22(17-26(19-31)27(20-32)21-33)13-14-25-15-16-28(34)30(24-11-7-4-8-12-24)29(25)23-9-5-3-6-10-23/h3-17H,18-19,34H2,1-2H3/b14-13+. The second-order valence-corrected chi connectivity index (χ2v) is 9.42. The molecule has 0 aromatic heterocycles. The molecule has 4 rings (SSSR count). The Balaban J connectivity index is 1.87. The van der Waals surface area contributed by atoms with Gasteiger partial charge in [-0.25, -0.2) is 0 Å². The van der Waals surface area contributed by atoms with Crippen LogP contribution in [0.25, 0.3) is 28.3 Å². The first kappa shape index (κ1) is 22.8. The van der Waals surface area contributed by atoms with Gasteiger partial charge in [-0.1, -0.05) is 98.8 Å².